The Morgan fingerprint density at radius 3 is 0.800 bits per heavy atom. The van der Waals surface area contributed by atoms with Gasteiger partial charge in [0.25, 0.3) is 0 Å². The Balaban J connectivity index is 4.49. The third kappa shape index (κ3) is 80.3. The van der Waals surface area contributed by atoms with Crippen molar-refractivity contribution in [2.24, 2.45) is 0 Å². The van der Waals surface area contributed by atoms with Crippen molar-refractivity contribution in [3.05, 3.63) is 146 Å². The molecule has 0 heterocycles. The molecule has 105 heavy (non-hydrogen) atoms. The smallest absolute Gasteiger partial charge is 0.463 e. The lowest BCUT2D eigenvalue weighted by Crippen LogP contribution is -2.30. The van der Waals surface area contributed by atoms with Gasteiger partial charge in [0.15, 0.2) is 6.10 Å². The number of ether oxygens (including phenoxy) is 3. The Bertz CT molecular complexity index is 2490. The number of rotatable bonds is 77. The molecule has 0 amide bonds. The molecule has 0 fully saturated rings. The quantitative estimate of drug-likeness (QED) is 0.0146. The molecule has 5 unspecified atom stereocenters. The maximum Gasteiger partial charge on any atom is 0.472 e. The van der Waals surface area contributed by atoms with Crippen molar-refractivity contribution in [3.8, 4) is 0 Å². The van der Waals surface area contributed by atoms with Crippen molar-refractivity contribution in [2.75, 3.05) is 39.6 Å². The van der Waals surface area contributed by atoms with Gasteiger partial charge in [-0.3, -0.25) is 32.5 Å². The average Bonchev–Trinajstić information content (AvgIpc) is 0.911. The minimum absolute atomic E-state index is 0.0705. The van der Waals surface area contributed by atoms with E-state index in [1.54, 1.807) is 0 Å². The standard InChI is InChI=1S/C87H148O16P2/c1-4-7-10-13-16-19-22-25-28-31-33-34-35-36-37-38-39-40-41-42-43-44-45-46-48-51-52-55-58-61-64-67-70-73-85(90)97-76-82(88)77-99-104(93,94)100-78-83(89)79-101-105(95,96)102-81-84(103-87(92)75-72-69-66-63-60-57-54-49-30-27-24-21-18-15-12-9-6-3)80-98-86(91)74-71-68-65-62-59-56-53-50-47-32-29-26-23-20-17-14-11-8-5-2/h7,9-10,12,16-21,25-30,33-34,36-37,47,50,54,57,82-84,88-89H,4-6,8,11,13-15,22-24,31-32,35,38-46,48-49,51-53,55-56,58-81H2,1-3H3,(H,93,94)(H,95,96)/b10-7-,12-9-,19-16-,20-17-,21-18-,28-25-,29-26-,30-27-,34-33-,37-36-,50-47-,57-54-. The molecule has 4 N–H and O–H groups in total. The molecule has 0 saturated heterocycles. The van der Waals surface area contributed by atoms with E-state index in [2.05, 4.69) is 167 Å². The second-order valence-electron chi connectivity index (χ2n) is 27.2. The van der Waals surface area contributed by atoms with E-state index in [4.69, 9.17) is 32.3 Å². The fourth-order valence-electron chi connectivity index (χ4n) is 10.8. The number of esters is 3. The van der Waals surface area contributed by atoms with Crippen LogP contribution in [0.3, 0.4) is 0 Å². The van der Waals surface area contributed by atoms with Crippen molar-refractivity contribution >= 4 is 33.6 Å². The molecule has 18 heteroatoms. The Morgan fingerprint density at radius 2 is 0.505 bits per heavy atom. The van der Waals surface area contributed by atoms with Gasteiger partial charge in [0, 0.05) is 19.3 Å². The first-order valence-corrected chi connectivity index (χ1v) is 44.1. The van der Waals surface area contributed by atoms with Crippen LogP contribution in [-0.2, 0) is 55.8 Å². The Morgan fingerprint density at radius 1 is 0.276 bits per heavy atom. The lowest BCUT2D eigenvalue weighted by atomic mass is 10.0. The molecular weight excluding hydrogens is 1360 g/mol. The van der Waals surface area contributed by atoms with E-state index in [9.17, 15) is 43.5 Å². The number of phosphoric ester groups is 2. The molecule has 0 bridgehead atoms. The van der Waals surface area contributed by atoms with Crippen LogP contribution in [0.4, 0.5) is 0 Å². The van der Waals surface area contributed by atoms with Crippen LogP contribution in [0.25, 0.3) is 0 Å². The van der Waals surface area contributed by atoms with Gasteiger partial charge in [0.2, 0.25) is 0 Å². The van der Waals surface area contributed by atoms with Gasteiger partial charge in [-0.15, -0.1) is 0 Å². The predicted octanol–water partition coefficient (Wildman–Crippen LogP) is 24.4. The minimum atomic E-state index is -4.94. The normalized spacial score (nSPS) is 14.7. The number of unbranched alkanes of at least 4 members (excludes halogenated alkanes) is 30. The van der Waals surface area contributed by atoms with Crippen LogP contribution in [0.5, 0.6) is 0 Å². The van der Waals surface area contributed by atoms with Crippen LogP contribution in [0.2, 0.25) is 0 Å². The number of aliphatic hydroxyl groups is 2. The topological polar surface area (TPSA) is 231 Å². The summed E-state index contributed by atoms with van der Waals surface area (Å²) in [6.45, 7) is 2.40. The van der Waals surface area contributed by atoms with Crippen molar-refractivity contribution in [1.29, 1.82) is 0 Å². The molecular formula is C87H148O16P2. The lowest BCUT2D eigenvalue weighted by Gasteiger charge is -2.21. The summed E-state index contributed by atoms with van der Waals surface area (Å²) in [6.07, 6.45) is 97.6. The second-order valence-corrected chi connectivity index (χ2v) is 30.1. The van der Waals surface area contributed by atoms with E-state index >= 15 is 0 Å². The molecule has 0 aliphatic rings. The fourth-order valence-corrected chi connectivity index (χ4v) is 12.4. The minimum Gasteiger partial charge on any atom is -0.463 e. The molecule has 0 rings (SSSR count). The van der Waals surface area contributed by atoms with E-state index in [1.165, 1.54) is 109 Å². The monoisotopic (exact) mass is 1510 g/mol. The number of phosphoric acid groups is 2. The maximum atomic E-state index is 13.0. The van der Waals surface area contributed by atoms with Gasteiger partial charge in [-0.05, 0) is 141 Å². The molecule has 0 spiro atoms. The molecule has 0 radical (unpaired) electrons. The highest BCUT2D eigenvalue weighted by Gasteiger charge is 2.29. The fraction of sp³-hybridized carbons (Fsp3) is 0.690. The number of hydrogen-bond acceptors (Lipinski definition) is 14. The van der Waals surface area contributed by atoms with Crippen LogP contribution >= 0.6 is 15.6 Å². The van der Waals surface area contributed by atoms with E-state index in [0.29, 0.717) is 19.3 Å². The number of hydrogen-bond donors (Lipinski definition) is 4. The zero-order chi connectivity index (χ0) is 76.6. The molecule has 0 aromatic heterocycles. The summed E-state index contributed by atoms with van der Waals surface area (Å²) in [4.78, 5) is 58.7. The van der Waals surface area contributed by atoms with Gasteiger partial charge in [0.05, 0.1) is 26.4 Å². The Labute approximate surface area is 638 Å². The second kappa shape index (κ2) is 79.0. The van der Waals surface area contributed by atoms with Crippen LogP contribution < -0.4 is 0 Å². The first kappa shape index (κ1) is 100. The van der Waals surface area contributed by atoms with Crippen molar-refractivity contribution in [1.82, 2.24) is 0 Å². The van der Waals surface area contributed by atoms with E-state index < -0.39 is 91.5 Å². The van der Waals surface area contributed by atoms with Gasteiger partial charge < -0.3 is 34.2 Å². The van der Waals surface area contributed by atoms with Gasteiger partial charge in [0.1, 0.15) is 25.4 Å². The molecule has 5 atom stereocenters. The molecule has 0 aliphatic carbocycles. The van der Waals surface area contributed by atoms with E-state index in [0.717, 1.165) is 161 Å². The highest BCUT2D eigenvalue weighted by atomic mass is 31.2. The van der Waals surface area contributed by atoms with Gasteiger partial charge >= 0.3 is 33.6 Å². The van der Waals surface area contributed by atoms with Crippen LogP contribution in [0.15, 0.2) is 146 Å². The summed E-state index contributed by atoms with van der Waals surface area (Å²) in [6, 6.07) is 0. The van der Waals surface area contributed by atoms with E-state index in [1.807, 2.05) is 0 Å². The highest BCUT2D eigenvalue weighted by Crippen LogP contribution is 2.45. The summed E-state index contributed by atoms with van der Waals surface area (Å²) in [5.41, 5.74) is 0. The first-order chi connectivity index (χ1) is 51.2. The molecule has 16 nitrogen and oxygen atoms in total. The highest BCUT2D eigenvalue weighted by molar-refractivity contribution is 7.47. The Kier molecular flexibility index (Phi) is 75.6. The van der Waals surface area contributed by atoms with Gasteiger partial charge in [-0.25, -0.2) is 9.13 Å². The maximum absolute atomic E-state index is 13.0. The first-order valence-electron chi connectivity index (χ1n) is 41.1. The number of carbonyl (C=O) groups excluding carboxylic acids is 3. The third-order valence-corrected chi connectivity index (χ3v) is 18.9. The summed E-state index contributed by atoms with van der Waals surface area (Å²) < 4.78 is 61.2. The SMILES string of the molecule is CC/C=C\C/C=C\C/C=C\C/C=C\C/C=C\CCCCCCCCCCCCCCCCCCCC(=O)OCC(O)COP(=O)(O)OCC(O)COP(=O)(O)OCC(COC(=O)CCCCCCCC/C=C\C/C=C\C/C=C\CCCCC)OC(=O)CCCCCC/C=C\C/C=C\C/C=C\C/C=C\CC. The zero-order valence-corrected chi connectivity index (χ0v) is 67.6. The van der Waals surface area contributed by atoms with Gasteiger partial charge in [-0.2, -0.15) is 0 Å². The molecule has 0 aliphatic heterocycles. The predicted molar refractivity (Wildman–Crippen MR) is 436 cm³/mol. The summed E-state index contributed by atoms with van der Waals surface area (Å²) in [7, 11) is -9.81. The van der Waals surface area contributed by atoms with Crippen molar-refractivity contribution in [2.45, 2.75) is 347 Å². The zero-order valence-electron chi connectivity index (χ0n) is 65.9. The lowest BCUT2D eigenvalue weighted by molar-refractivity contribution is -0.161. The molecule has 0 aromatic rings. The Hall–Kier alpha value is -4.57. The number of aliphatic hydroxyl groups excluding tert-OH is 2. The third-order valence-electron chi connectivity index (χ3n) is 17.0. The van der Waals surface area contributed by atoms with Crippen LogP contribution in [-0.4, -0.2) is 95.9 Å². The van der Waals surface area contributed by atoms with Crippen molar-refractivity contribution in [3.63, 3.8) is 0 Å². The van der Waals surface area contributed by atoms with Crippen LogP contribution in [0.1, 0.15) is 329 Å². The average molecular weight is 1510 g/mol. The summed E-state index contributed by atoms with van der Waals surface area (Å²) in [5, 5.41) is 20.7. The number of carbonyl (C=O) groups is 3. The summed E-state index contributed by atoms with van der Waals surface area (Å²) >= 11 is 0. The number of allylic oxidation sites excluding steroid dienone is 24. The molecule has 0 saturated carbocycles. The van der Waals surface area contributed by atoms with Gasteiger partial charge in [-0.1, -0.05) is 314 Å². The van der Waals surface area contributed by atoms with Crippen LogP contribution in [0, 0.1) is 0 Å². The molecule has 0 aromatic carbocycles. The van der Waals surface area contributed by atoms with Crippen molar-refractivity contribution < 1.29 is 75.8 Å². The van der Waals surface area contributed by atoms with E-state index in [-0.39, 0.29) is 19.3 Å². The summed E-state index contributed by atoms with van der Waals surface area (Å²) in [5.74, 6) is -1.61. The largest absolute Gasteiger partial charge is 0.472 e. The molecule has 602 valence electrons.